The fourth-order valence-electron chi connectivity index (χ4n) is 2.06. The Balaban J connectivity index is 1.69. The van der Waals surface area contributed by atoms with Crippen LogP contribution >= 0.6 is 11.3 Å². The molecule has 0 spiro atoms. The van der Waals surface area contributed by atoms with Crippen LogP contribution in [0.1, 0.15) is 28.1 Å². The van der Waals surface area contributed by atoms with E-state index in [2.05, 4.69) is 10.0 Å². The van der Waals surface area contributed by atoms with Crippen LogP contribution in [0.4, 0.5) is 0 Å². The molecule has 2 aromatic rings. The van der Waals surface area contributed by atoms with Crippen molar-refractivity contribution in [3.63, 3.8) is 0 Å². The number of carbonyl (C=O) groups excluding carboxylic acids is 2. The molecule has 1 amide bonds. The maximum Gasteiger partial charge on any atom is 0.240 e. The molecule has 6 nitrogen and oxygen atoms in total. The van der Waals surface area contributed by atoms with Crippen LogP contribution in [0, 0.1) is 6.92 Å². The molecule has 0 radical (unpaired) electrons. The van der Waals surface area contributed by atoms with Gasteiger partial charge in [0, 0.05) is 25.9 Å². The van der Waals surface area contributed by atoms with E-state index in [0.717, 1.165) is 5.56 Å². The van der Waals surface area contributed by atoms with E-state index in [1.807, 2.05) is 12.3 Å². The Morgan fingerprint density at radius 3 is 2.40 bits per heavy atom. The second-order valence-electron chi connectivity index (χ2n) is 5.46. The van der Waals surface area contributed by atoms with E-state index < -0.39 is 10.0 Å². The Bertz CT molecular complexity index is 813. The van der Waals surface area contributed by atoms with Gasteiger partial charge in [-0.3, -0.25) is 9.59 Å². The second-order valence-corrected chi connectivity index (χ2v) is 8.18. The smallest absolute Gasteiger partial charge is 0.240 e. The number of ketones is 1. The minimum absolute atomic E-state index is 0.0646. The van der Waals surface area contributed by atoms with Crippen molar-refractivity contribution in [3.8, 4) is 0 Å². The van der Waals surface area contributed by atoms with Crippen LogP contribution in [-0.4, -0.2) is 33.2 Å². The first-order chi connectivity index (χ1) is 11.9. The Labute approximate surface area is 151 Å². The molecule has 2 rings (SSSR count). The van der Waals surface area contributed by atoms with Crippen LogP contribution in [0.3, 0.4) is 0 Å². The summed E-state index contributed by atoms with van der Waals surface area (Å²) in [6, 6.07) is 10.0. The van der Waals surface area contributed by atoms with E-state index in [9.17, 15) is 18.0 Å². The van der Waals surface area contributed by atoms with E-state index in [-0.39, 0.29) is 42.5 Å². The van der Waals surface area contributed by atoms with Gasteiger partial charge in [-0.05, 0) is 30.5 Å². The number of aryl methyl sites for hydroxylation is 1. The van der Waals surface area contributed by atoms with Crippen molar-refractivity contribution >= 4 is 33.1 Å². The number of benzene rings is 1. The average Bonchev–Trinajstić information content (AvgIpc) is 3.11. The predicted molar refractivity (Wildman–Crippen MR) is 97.3 cm³/mol. The van der Waals surface area contributed by atoms with Crippen molar-refractivity contribution < 1.29 is 18.0 Å². The SMILES string of the molecule is Cc1ccc(S(=O)(=O)NCCNC(=O)CCC(=O)c2cccs2)cc1. The lowest BCUT2D eigenvalue weighted by atomic mass is 10.2. The van der Waals surface area contributed by atoms with Crippen LogP contribution in [0.5, 0.6) is 0 Å². The fraction of sp³-hybridized carbons (Fsp3) is 0.294. The first kappa shape index (κ1) is 19.3. The summed E-state index contributed by atoms with van der Waals surface area (Å²) in [7, 11) is -3.58. The Hall–Kier alpha value is -2.03. The maximum absolute atomic E-state index is 12.1. The van der Waals surface area contributed by atoms with Crippen molar-refractivity contribution in [3.05, 3.63) is 52.2 Å². The monoisotopic (exact) mass is 380 g/mol. The normalized spacial score (nSPS) is 11.2. The number of rotatable bonds is 9. The molecule has 0 saturated carbocycles. The summed E-state index contributed by atoms with van der Waals surface area (Å²) in [5.41, 5.74) is 0.975. The summed E-state index contributed by atoms with van der Waals surface area (Å²) >= 11 is 1.35. The summed E-state index contributed by atoms with van der Waals surface area (Å²) < 4.78 is 26.6. The lowest BCUT2D eigenvalue weighted by molar-refractivity contribution is -0.121. The molecule has 0 saturated heterocycles. The average molecular weight is 380 g/mol. The summed E-state index contributed by atoms with van der Waals surface area (Å²) in [4.78, 5) is 24.3. The highest BCUT2D eigenvalue weighted by Gasteiger charge is 2.13. The van der Waals surface area contributed by atoms with Gasteiger partial charge in [0.15, 0.2) is 5.78 Å². The molecule has 25 heavy (non-hydrogen) atoms. The van der Waals surface area contributed by atoms with E-state index in [1.165, 1.54) is 23.5 Å². The molecular formula is C17H20N2O4S2. The zero-order valence-electron chi connectivity index (χ0n) is 13.8. The van der Waals surface area contributed by atoms with Gasteiger partial charge in [-0.1, -0.05) is 23.8 Å². The molecule has 2 N–H and O–H groups in total. The zero-order valence-corrected chi connectivity index (χ0v) is 15.5. The van der Waals surface area contributed by atoms with E-state index in [0.29, 0.717) is 4.88 Å². The van der Waals surface area contributed by atoms with E-state index in [4.69, 9.17) is 0 Å². The van der Waals surface area contributed by atoms with Crippen molar-refractivity contribution in [1.29, 1.82) is 0 Å². The number of hydrogen-bond acceptors (Lipinski definition) is 5. The number of Topliss-reactive ketones (excluding diaryl/α,β-unsaturated/α-hetero) is 1. The molecule has 0 unspecified atom stereocenters. The highest BCUT2D eigenvalue weighted by atomic mass is 32.2. The number of thiophene rings is 1. The summed E-state index contributed by atoms with van der Waals surface area (Å²) in [5, 5.41) is 4.41. The molecule has 134 valence electrons. The van der Waals surface area contributed by atoms with Crippen molar-refractivity contribution in [1.82, 2.24) is 10.0 Å². The van der Waals surface area contributed by atoms with Gasteiger partial charge in [-0.15, -0.1) is 11.3 Å². The molecule has 0 atom stereocenters. The number of sulfonamides is 1. The molecule has 0 aliphatic rings. The van der Waals surface area contributed by atoms with Gasteiger partial charge in [0.05, 0.1) is 9.77 Å². The second kappa shape index (κ2) is 8.89. The molecule has 8 heteroatoms. The quantitative estimate of drug-likeness (QED) is 0.515. The Morgan fingerprint density at radius 2 is 1.76 bits per heavy atom. The van der Waals surface area contributed by atoms with E-state index in [1.54, 1.807) is 24.3 Å². The Morgan fingerprint density at radius 1 is 1.04 bits per heavy atom. The molecular weight excluding hydrogens is 360 g/mol. The standard InChI is InChI=1S/C17H20N2O4S2/c1-13-4-6-14(7-5-13)25(22,23)19-11-10-18-17(21)9-8-15(20)16-3-2-12-24-16/h2-7,12,19H,8-11H2,1H3,(H,18,21). The predicted octanol–water partition coefficient (Wildman–Crippen LogP) is 2.11. The van der Waals surface area contributed by atoms with E-state index >= 15 is 0 Å². The minimum atomic E-state index is -3.58. The van der Waals surface area contributed by atoms with Gasteiger partial charge in [0.1, 0.15) is 0 Å². The highest BCUT2D eigenvalue weighted by molar-refractivity contribution is 7.89. The third-order valence-electron chi connectivity index (χ3n) is 3.45. The lowest BCUT2D eigenvalue weighted by Gasteiger charge is -2.08. The third-order valence-corrected chi connectivity index (χ3v) is 5.83. The summed E-state index contributed by atoms with van der Waals surface area (Å²) in [5.74, 6) is -0.343. The highest BCUT2D eigenvalue weighted by Crippen LogP contribution is 2.12. The van der Waals surface area contributed by atoms with Crippen LogP contribution in [0.15, 0.2) is 46.7 Å². The van der Waals surface area contributed by atoms with Crippen LogP contribution in [0.2, 0.25) is 0 Å². The molecule has 1 heterocycles. The number of nitrogens with one attached hydrogen (secondary N) is 2. The van der Waals surface area contributed by atoms with Crippen molar-refractivity contribution in [2.75, 3.05) is 13.1 Å². The zero-order chi connectivity index (χ0) is 18.3. The molecule has 0 fully saturated rings. The number of carbonyl (C=O) groups is 2. The first-order valence-electron chi connectivity index (χ1n) is 7.78. The van der Waals surface area contributed by atoms with Crippen LogP contribution < -0.4 is 10.0 Å². The maximum atomic E-state index is 12.1. The minimum Gasteiger partial charge on any atom is -0.355 e. The topological polar surface area (TPSA) is 92.3 Å². The first-order valence-corrected chi connectivity index (χ1v) is 10.1. The third kappa shape index (κ3) is 6.08. The van der Waals surface area contributed by atoms with Crippen LogP contribution in [0.25, 0.3) is 0 Å². The fourth-order valence-corrected chi connectivity index (χ4v) is 3.79. The van der Waals surface area contributed by atoms with Crippen LogP contribution in [-0.2, 0) is 14.8 Å². The van der Waals surface area contributed by atoms with Gasteiger partial charge in [0.25, 0.3) is 0 Å². The Kier molecular flexibility index (Phi) is 6.86. The lowest BCUT2D eigenvalue weighted by Crippen LogP contribution is -2.34. The molecule has 1 aromatic heterocycles. The summed E-state index contributed by atoms with van der Waals surface area (Å²) in [6.45, 7) is 2.13. The number of hydrogen-bond donors (Lipinski definition) is 2. The van der Waals surface area contributed by atoms with Crippen molar-refractivity contribution in [2.45, 2.75) is 24.7 Å². The number of amides is 1. The summed E-state index contributed by atoms with van der Waals surface area (Å²) in [6.07, 6.45) is 0.225. The van der Waals surface area contributed by atoms with Gasteiger partial charge in [0.2, 0.25) is 15.9 Å². The van der Waals surface area contributed by atoms with Gasteiger partial charge < -0.3 is 5.32 Å². The van der Waals surface area contributed by atoms with Gasteiger partial charge >= 0.3 is 0 Å². The van der Waals surface area contributed by atoms with Gasteiger partial charge in [-0.2, -0.15) is 0 Å². The molecule has 0 aliphatic heterocycles. The van der Waals surface area contributed by atoms with Gasteiger partial charge in [-0.25, -0.2) is 13.1 Å². The largest absolute Gasteiger partial charge is 0.355 e. The molecule has 0 aliphatic carbocycles. The van der Waals surface area contributed by atoms with Crippen molar-refractivity contribution in [2.24, 2.45) is 0 Å². The molecule has 1 aromatic carbocycles. The molecule has 0 bridgehead atoms.